The van der Waals surface area contributed by atoms with Crippen LogP contribution in [0.4, 0.5) is 4.39 Å². The topological polar surface area (TPSA) is 30.7 Å². The van der Waals surface area contributed by atoms with Crippen molar-refractivity contribution in [2.24, 2.45) is 0 Å². The van der Waals surface area contributed by atoms with E-state index in [1.807, 2.05) is 0 Å². The van der Waals surface area contributed by atoms with Crippen LogP contribution < -0.4 is 0 Å². The van der Waals surface area contributed by atoms with E-state index >= 15 is 0 Å². The summed E-state index contributed by atoms with van der Waals surface area (Å²) in [5.74, 6) is -0.336. The fourth-order valence-corrected chi connectivity index (χ4v) is 0.922. The van der Waals surface area contributed by atoms with E-state index in [0.717, 1.165) is 0 Å². The zero-order chi connectivity index (χ0) is 8.39. The lowest BCUT2D eigenvalue weighted by molar-refractivity contribution is 0.617. The van der Waals surface area contributed by atoms with Crippen LogP contribution in [0.1, 0.15) is 0 Å². The summed E-state index contributed by atoms with van der Waals surface area (Å²) in [6.07, 6.45) is 2.85. The standard InChI is InChI=1S/C8H5FN3/c9-7-3-1-2-4-8(7)12-5-10-11-6-12/h1-3,5-6H. The van der Waals surface area contributed by atoms with Gasteiger partial charge in [-0.05, 0) is 6.07 Å². The number of hydrogen-bond donors (Lipinski definition) is 0. The zero-order valence-electron chi connectivity index (χ0n) is 6.11. The Labute approximate surface area is 68.5 Å². The predicted molar refractivity (Wildman–Crippen MR) is 40.2 cm³/mol. The third kappa shape index (κ3) is 1.07. The first kappa shape index (κ1) is 6.97. The van der Waals surface area contributed by atoms with Crippen LogP contribution in [0.5, 0.6) is 0 Å². The SMILES string of the molecule is Fc1ccc[c]c1-n1cnnc1. The fraction of sp³-hybridized carbons (Fsp3) is 0. The minimum atomic E-state index is -0.336. The van der Waals surface area contributed by atoms with E-state index in [1.165, 1.54) is 23.3 Å². The summed E-state index contributed by atoms with van der Waals surface area (Å²) >= 11 is 0. The zero-order valence-corrected chi connectivity index (χ0v) is 6.11. The summed E-state index contributed by atoms with van der Waals surface area (Å²) in [7, 11) is 0. The van der Waals surface area contributed by atoms with Crippen LogP contribution in [0.3, 0.4) is 0 Å². The molecule has 0 fully saturated rings. The molecule has 0 aliphatic carbocycles. The molecule has 0 aliphatic rings. The molecule has 0 saturated heterocycles. The van der Waals surface area contributed by atoms with Crippen molar-refractivity contribution in [3.8, 4) is 5.69 Å². The number of rotatable bonds is 1. The Kier molecular flexibility index (Phi) is 1.59. The van der Waals surface area contributed by atoms with E-state index < -0.39 is 0 Å². The Morgan fingerprint density at radius 3 is 2.75 bits per heavy atom. The van der Waals surface area contributed by atoms with Gasteiger partial charge in [0.15, 0.2) is 0 Å². The van der Waals surface area contributed by atoms with Crippen molar-refractivity contribution in [2.45, 2.75) is 0 Å². The van der Waals surface area contributed by atoms with E-state index in [9.17, 15) is 4.39 Å². The maximum absolute atomic E-state index is 13.0. The molecule has 2 aromatic rings. The Bertz CT molecular complexity index is 370. The highest BCUT2D eigenvalue weighted by Crippen LogP contribution is 2.09. The lowest BCUT2D eigenvalue weighted by Gasteiger charge is -1.99. The van der Waals surface area contributed by atoms with Gasteiger partial charge in [0.05, 0.1) is 5.69 Å². The third-order valence-electron chi connectivity index (χ3n) is 1.46. The minimum absolute atomic E-state index is 0.336. The van der Waals surface area contributed by atoms with Crippen molar-refractivity contribution in [3.63, 3.8) is 0 Å². The van der Waals surface area contributed by atoms with Crippen molar-refractivity contribution >= 4 is 0 Å². The van der Waals surface area contributed by atoms with Gasteiger partial charge in [-0.2, -0.15) is 0 Å². The summed E-state index contributed by atoms with van der Waals surface area (Å²) in [5.41, 5.74) is 0.336. The quantitative estimate of drug-likeness (QED) is 0.630. The average molecular weight is 162 g/mol. The molecule has 0 aliphatic heterocycles. The number of halogens is 1. The molecule has 0 unspecified atom stereocenters. The van der Waals surface area contributed by atoms with E-state index in [2.05, 4.69) is 16.3 Å². The minimum Gasteiger partial charge on any atom is -0.285 e. The molecule has 1 radical (unpaired) electrons. The Balaban J connectivity index is 2.55. The molecule has 3 nitrogen and oxygen atoms in total. The lowest BCUT2D eigenvalue weighted by atomic mass is 10.3. The first-order valence-corrected chi connectivity index (χ1v) is 3.39. The molecule has 1 heterocycles. The summed E-state index contributed by atoms with van der Waals surface area (Å²) in [6, 6.07) is 7.34. The number of aromatic nitrogens is 3. The molecule has 0 bridgehead atoms. The molecule has 4 heteroatoms. The molecule has 0 spiro atoms. The normalized spacial score (nSPS) is 10.1. The van der Waals surface area contributed by atoms with E-state index in [1.54, 1.807) is 12.1 Å². The maximum Gasteiger partial charge on any atom is 0.147 e. The molecule has 1 aromatic carbocycles. The van der Waals surface area contributed by atoms with Gasteiger partial charge in [-0.15, -0.1) is 10.2 Å². The third-order valence-corrected chi connectivity index (χ3v) is 1.46. The van der Waals surface area contributed by atoms with Gasteiger partial charge >= 0.3 is 0 Å². The van der Waals surface area contributed by atoms with E-state index in [4.69, 9.17) is 0 Å². The first-order chi connectivity index (χ1) is 5.88. The highest BCUT2D eigenvalue weighted by Gasteiger charge is 2.01. The van der Waals surface area contributed by atoms with Crippen LogP contribution in [0.2, 0.25) is 0 Å². The van der Waals surface area contributed by atoms with Gasteiger partial charge in [0, 0.05) is 6.07 Å². The molecule has 59 valence electrons. The monoisotopic (exact) mass is 162 g/mol. The second-order valence-electron chi connectivity index (χ2n) is 2.24. The van der Waals surface area contributed by atoms with Crippen LogP contribution in [0.25, 0.3) is 5.69 Å². The van der Waals surface area contributed by atoms with Crippen LogP contribution in [-0.2, 0) is 0 Å². The van der Waals surface area contributed by atoms with Gasteiger partial charge in [-0.3, -0.25) is 4.57 Å². The molecular formula is C8H5FN3. The van der Waals surface area contributed by atoms with E-state index in [0.29, 0.717) is 5.69 Å². The van der Waals surface area contributed by atoms with Gasteiger partial charge in [-0.25, -0.2) is 4.39 Å². The molecule has 12 heavy (non-hydrogen) atoms. The van der Waals surface area contributed by atoms with Gasteiger partial charge in [0.25, 0.3) is 0 Å². The van der Waals surface area contributed by atoms with Crippen molar-refractivity contribution in [3.05, 3.63) is 42.7 Å². The Morgan fingerprint density at radius 1 is 1.33 bits per heavy atom. The Hall–Kier alpha value is -1.71. The van der Waals surface area contributed by atoms with Gasteiger partial charge in [0.2, 0.25) is 0 Å². The Morgan fingerprint density at radius 2 is 2.08 bits per heavy atom. The highest BCUT2D eigenvalue weighted by molar-refractivity contribution is 5.30. The van der Waals surface area contributed by atoms with Crippen molar-refractivity contribution in [2.75, 3.05) is 0 Å². The van der Waals surface area contributed by atoms with Crippen LogP contribution >= 0.6 is 0 Å². The largest absolute Gasteiger partial charge is 0.285 e. The van der Waals surface area contributed by atoms with Gasteiger partial charge in [-0.1, -0.05) is 12.1 Å². The van der Waals surface area contributed by atoms with Crippen LogP contribution in [0, 0.1) is 11.9 Å². The maximum atomic E-state index is 13.0. The smallest absolute Gasteiger partial charge is 0.147 e. The highest BCUT2D eigenvalue weighted by atomic mass is 19.1. The average Bonchev–Trinajstić information content (AvgIpc) is 2.57. The fourth-order valence-electron chi connectivity index (χ4n) is 0.922. The number of nitrogens with zero attached hydrogens (tertiary/aromatic N) is 3. The number of para-hydroxylation sites is 1. The lowest BCUT2D eigenvalue weighted by Crippen LogP contribution is -1.93. The van der Waals surface area contributed by atoms with Crippen molar-refractivity contribution < 1.29 is 4.39 Å². The summed E-state index contributed by atoms with van der Waals surface area (Å²) < 4.78 is 14.5. The summed E-state index contributed by atoms with van der Waals surface area (Å²) in [6.45, 7) is 0. The van der Waals surface area contributed by atoms with Crippen LogP contribution in [0.15, 0.2) is 30.9 Å². The van der Waals surface area contributed by atoms with Gasteiger partial charge < -0.3 is 0 Å². The molecule has 2 rings (SSSR count). The first-order valence-electron chi connectivity index (χ1n) is 3.39. The number of benzene rings is 1. The molecule has 1 aromatic heterocycles. The molecule has 0 saturated carbocycles. The summed E-state index contributed by atoms with van der Waals surface area (Å²) in [5, 5.41) is 7.13. The summed E-state index contributed by atoms with van der Waals surface area (Å²) in [4.78, 5) is 0. The van der Waals surface area contributed by atoms with E-state index in [-0.39, 0.29) is 5.82 Å². The molecule has 0 N–H and O–H groups in total. The van der Waals surface area contributed by atoms with Crippen LogP contribution in [-0.4, -0.2) is 14.8 Å². The second-order valence-corrected chi connectivity index (χ2v) is 2.24. The number of hydrogen-bond acceptors (Lipinski definition) is 2. The molecule has 0 amide bonds. The second kappa shape index (κ2) is 2.73. The predicted octanol–water partition coefficient (Wildman–Crippen LogP) is 1.21. The molecule has 0 atom stereocenters. The van der Waals surface area contributed by atoms with Crippen molar-refractivity contribution in [1.82, 2.24) is 14.8 Å². The molecular weight excluding hydrogens is 157 g/mol. The van der Waals surface area contributed by atoms with Gasteiger partial charge in [0.1, 0.15) is 18.5 Å². The van der Waals surface area contributed by atoms with Crippen molar-refractivity contribution in [1.29, 1.82) is 0 Å².